The fraction of sp³-hybridized carbons (Fsp3) is 0.136. The van der Waals surface area contributed by atoms with E-state index in [9.17, 15) is 17.8 Å². The quantitative estimate of drug-likeness (QED) is 0.423. The Balaban J connectivity index is 1.56. The van der Waals surface area contributed by atoms with E-state index in [1.165, 1.54) is 29.8 Å². The van der Waals surface area contributed by atoms with E-state index in [2.05, 4.69) is 9.97 Å². The lowest BCUT2D eigenvalue weighted by Gasteiger charge is -2.11. The molecule has 0 saturated heterocycles. The van der Waals surface area contributed by atoms with Crippen molar-refractivity contribution in [3.8, 4) is 11.4 Å². The van der Waals surface area contributed by atoms with E-state index in [4.69, 9.17) is 16.3 Å². The number of fused-ring (bicyclic) bond motifs is 1. The number of halogens is 1. The second kappa shape index (κ2) is 8.70. The maximum atomic E-state index is 12.6. The van der Waals surface area contributed by atoms with Crippen LogP contribution in [-0.4, -0.2) is 27.5 Å². The van der Waals surface area contributed by atoms with Crippen molar-refractivity contribution in [2.75, 3.05) is 0 Å². The van der Waals surface area contributed by atoms with Crippen LogP contribution in [0.1, 0.15) is 23.6 Å². The van der Waals surface area contributed by atoms with E-state index in [0.29, 0.717) is 27.7 Å². The van der Waals surface area contributed by atoms with Crippen molar-refractivity contribution >= 4 is 32.6 Å². The van der Waals surface area contributed by atoms with Crippen molar-refractivity contribution in [1.29, 1.82) is 0 Å². The van der Waals surface area contributed by atoms with Crippen LogP contribution in [0.15, 0.2) is 71.8 Å². The summed E-state index contributed by atoms with van der Waals surface area (Å²) >= 11 is 5.82. The molecule has 1 N–H and O–H groups in total. The fourth-order valence-corrected chi connectivity index (χ4v) is 3.62. The zero-order valence-corrected chi connectivity index (χ0v) is 18.4. The van der Waals surface area contributed by atoms with Gasteiger partial charge in [-0.25, -0.2) is 0 Å². The predicted molar refractivity (Wildman–Crippen MR) is 121 cm³/mol. The number of benzene rings is 1. The molecule has 0 amide bonds. The van der Waals surface area contributed by atoms with Gasteiger partial charge in [-0.3, -0.25) is 23.9 Å². The summed E-state index contributed by atoms with van der Waals surface area (Å²) in [6, 6.07) is 14.9. The summed E-state index contributed by atoms with van der Waals surface area (Å²) in [5.74, 6) is 0.411. The van der Waals surface area contributed by atoms with Crippen LogP contribution < -0.4 is 10.3 Å². The molecule has 4 rings (SSSR count). The highest BCUT2D eigenvalue weighted by atomic mass is 35.5. The van der Waals surface area contributed by atoms with Crippen LogP contribution in [0, 0.1) is 0 Å². The summed E-state index contributed by atoms with van der Waals surface area (Å²) in [7, 11) is -4.24. The molecular weight excluding hydrogens is 454 g/mol. The van der Waals surface area contributed by atoms with Gasteiger partial charge in [0.1, 0.15) is 17.6 Å². The highest BCUT2D eigenvalue weighted by molar-refractivity contribution is 7.86. The molecule has 164 valence electrons. The Bertz CT molecular complexity index is 1450. The van der Waals surface area contributed by atoms with Crippen molar-refractivity contribution in [1.82, 2.24) is 14.5 Å². The average Bonchev–Trinajstić information content (AvgIpc) is 2.77. The van der Waals surface area contributed by atoms with Crippen molar-refractivity contribution in [3.05, 3.63) is 93.8 Å². The van der Waals surface area contributed by atoms with Gasteiger partial charge in [-0.2, -0.15) is 8.42 Å². The van der Waals surface area contributed by atoms with Crippen molar-refractivity contribution in [3.63, 3.8) is 0 Å². The van der Waals surface area contributed by atoms with Crippen LogP contribution >= 0.6 is 11.6 Å². The summed E-state index contributed by atoms with van der Waals surface area (Å²) in [6.45, 7) is 1.57. The Kier molecular flexibility index (Phi) is 5.96. The third-order valence-electron chi connectivity index (χ3n) is 4.90. The lowest BCUT2D eigenvalue weighted by atomic mass is 10.1. The molecule has 0 saturated carbocycles. The van der Waals surface area contributed by atoms with Crippen LogP contribution in [0.3, 0.4) is 0 Å². The van der Waals surface area contributed by atoms with Gasteiger partial charge in [0.15, 0.2) is 0 Å². The van der Waals surface area contributed by atoms with Gasteiger partial charge < -0.3 is 4.74 Å². The molecule has 10 heteroatoms. The number of pyridine rings is 3. The average molecular weight is 472 g/mol. The number of rotatable bonds is 6. The zero-order valence-electron chi connectivity index (χ0n) is 16.8. The SMILES string of the molecule is CC(c1ccc2cc(-n3ccc(OCc4ccc(Cl)cn4)cc3=O)ccc2n1)S(=O)(=O)O. The molecule has 1 unspecified atom stereocenters. The predicted octanol–water partition coefficient (Wildman–Crippen LogP) is 3.96. The molecule has 0 aliphatic carbocycles. The molecule has 0 aliphatic rings. The maximum Gasteiger partial charge on any atom is 0.273 e. The minimum atomic E-state index is -4.24. The Morgan fingerprint density at radius 3 is 2.62 bits per heavy atom. The topological polar surface area (TPSA) is 111 Å². The first-order valence-corrected chi connectivity index (χ1v) is 11.4. The zero-order chi connectivity index (χ0) is 22.9. The second-order valence-electron chi connectivity index (χ2n) is 7.10. The lowest BCUT2D eigenvalue weighted by Crippen LogP contribution is -2.16. The van der Waals surface area contributed by atoms with Crippen LogP contribution in [0.4, 0.5) is 0 Å². The van der Waals surface area contributed by atoms with Crippen LogP contribution in [0.25, 0.3) is 16.6 Å². The second-order valence-corrected chi connectivity index (χ2v) is 9.27. The molecular formula is C22H18ClN3O5S. The van der Waals surface area contributed by atoms with E-state index in [1.807, 2.05) is 0 Å². The van der Waals surface area contributed by atoms with Gasteiger partial charge in [0.25, 0.3) is 15.7 Å². The Hall–Kier alpha value is -3.27. The number of aromatic nitrogens is 3. The van der Waals surface area contributed by atoms with Crippen LogP contribution in [0.2, 0.25) is 5.02 Å². The third-order valence-corrected chi connectivity index (χ3v) is 6.26. The minimum absolute atomic E-state index is 0.201. The molecule has 3 heterocycles. The van der Waals surface area contributed by atoms with E-state index >= 15 is 0 Å². The molecule has 0 bridgehead atoms. The normalized spacial score (nSPS) is 12.6. The minimum Gasteiger partial charge on any atom is -0.487 e. The van der Waals surface area contributed by atoms with Crippen LogP contribution in [-0.2, 0) is 16.7 Å². The van der Waals surface area contributed by atoms with Crippen molar-refractivity contribution < 1.29 is 17.7 Å². The molecule has 3 aromatic heterocycles. The van der Waals surface area contributed by atoms with Crippen molar-refractivity contribution in [2.24, 2.45) is 0 Å². The Morgan fingerprint density at radius 1 is 1.12 bits per heavy atom. The molecule has 0 radical (unpaired) electrons. The summed E-state index contributed by atoms with van der Waals surface area (Å²) in [4.78, 5) is 21.1. The van der Waals surface area contributed by atoms with Gasteiger partial charge >= 0.3 is 0 Å². The maximum absolute atomic E-state index is 12.6. The van der Waals surface area contributed by atoms with Gasteiger partial charge in [0.05, 0.1) is 21.9 Å². The molecule has 32 heavy (non-hydrogen) atoms. The van der Waals surface area contributed by atoms with E-state index in [0.717, 1.165) is 5.39 Å². The Morgan fingerprint density at radius 2 is 1.94 bits per heavy atom. The highest BCUT2D eigenvalue weighted by Gasteiger charge is 2.21. The molecule has 1 aromatic carbocycles. The van der Waals surface area contributed by atoms with E-state index in [1.54, 1.807) is 48.7 Å². The van der Waals surface area contributed by atoms with Crippen LogP contribution in [0.5, 0.6) is 5.75 Å². The molecule has 0 fully saturated rings. The largest absolute Gasteiger partial charge is 0.487 e. The third kappa shape index (κ3) is 4.80. The monoisotopic (exact) mass is 471 g/mol. The number of hydrogen-bond donors (Lipinski definition) is 1. The lowest BCUT2D eigenvalue weighted by molar-refractivity contribution is 0.300. The number of hydrogen-bond acceptors (Lipinski definition) is 6. The van der Waals surface area contributed by atoms with E-state index < -0.39 is 15.4 Å². The molecule has 1 atom stereocenters. The van der Waals surface area contributed by atoms with Gasteiger partial charge in [0, 0.05) is 29.5 Å². The molecule has 0 spiro atoms. The standard InChI is InChI=1S/C22H18ClN3O5S/c1-14(32(28,29)30)20-6-2-15-10-18(5-7-21(15)25-20)26-9-8-19(11-22(26)27)31-13-17-4-3-16(23)12-24-17/h2-12,14H,13H2,1H3,(H,28,29,30). The van der Waals surface area contributed by atoms with Gasteiger partial charge in [0.2, 0.25) is 0 Å². The fourth-order valence-electron chi connectivity index (χ4n) is 3.07. The first-order chi connectivity index (χ1) is 15.2. The molecule has 4 aromatic rings. The molecule has 8 nitrogen and oxygen atoms in total. The summed E-state index contributed by atoms with van der Waals surface area (Å²) < 4.78 is 39.1. The summed E-state index contributed by atoms with van der Waals surface area (Å²) in [5.41, 5.74) is 1.80. The summed E-state index contributed by atoms with van der Waals surface area (Å²) in [6.07, 6.45) is 3.13. The smallest absolute Gasteiger partial charge is 0.273 e. The summed E-state index contributed by atoms with van der Waals surface area (Å²) in [5, 5.41) is 0.116. The van der Waals surface area contributed by atoms with Crippen molar-refractivity contribution in [2.45, 2.75) is 18.8 Å². The number of nitrogens with zero attached hydrogens (tertiary/aromatic N) is 3. The van der Waals surface area contributed by atoms with Gasteiger partial charge in [-0.1, -0.05) is 17.7 Å². The first kappa shape index (κ1) is 21.9. The molecule has 0 aliphatic heterocycles. The van der Waals surface area contributed by atoms with E-state index in [-0.39, 0.29) is 17.9 Å². The Labute approximate surface area is 188 Å². The highest BCUT2D eigenvalue weighted by Crippen LogP contribution is 2.23. The first-order valence-electron chi connectivity index (χ1n) is 9.54. The number of ether oxygens (including phenoxy) is 1. The van der Waals surface area contributed by atoms with Gasteiger partial charge in [-0.15, -0.1) is 0 Å². The van der Waals surface area contributed by atoms with Gasteiger partial charge in [-0.05, 0) is 49.4 Å².